The molecule has 12 aromatic rings. The molecule has 3 aromatic heterocycles. The summed E-state index contributed by atoms with van der Waals surface area (Å²) in [7, 11) is 0. The van der Waals surface area contributed by atoms with Crippen LogP contribution in [0.1, 0.15) is 0 Å². The molecule has 0 aliphatic rings. The third kappa shape index (κ3) is 4.60. The van der Waals surface area contributed by atoms with Gasteiger partial charge in [0.05, 0.1) is 27.6 Å². The number of para-hydroxylation sites is 2. The minimum Gasteiger partial charge on any atom is -0.309 e. The maximum Gasteiger partial charge on any atom is 0.162 e. The molecule has 0 radical (unpaired) electrons. The minimum atomic E-state index is 0.697. The van der Waals surface area contributed by atoms with Gasteiger partial charge in [0.25, 0.3) is 0 Å². The van der Waals surface area contributed by atoms with E-state index in [9.17, 15) is 0 Å². The Hall–Kier alpha value is -7.56. The Morgan fingerprint density at radius 2 is 0.929 bits per heavy atom. The van der Waals surface area contributed by atoms with E-state index < -0.39 is 0 Å². The molecule has 12 rings (SSSR count). The van der Waals surface area contributed by atoms with Crippen LogP contribution in [0, 0.1) is 0 Å². The highest BCUT2D eigenvalue weighted by atomic mass is 15.1. The molecular formula is C52H32N4. The van der Waals surface area contributed by atoms with Crippen molar-refractivity contribution >= 4 is 76.1 Å². The first-order chi connectivity index (χ1) is 27.8. The van der Waals surface area contributed by atoms with Crippen LogP contribution in [-0.4, -0.2) is 19.1 Å². The molecule has 0 saturated heterocycles. The molecule has 4 heteroatoms. The van der Waals surface area contributed by atoms with Gasteiger partial charge in [0.1, 0.15) is 5.82 Å². The monoisotopic (exact) mass is 712 g/mol. The van der Waals surface area contributed by atoms with Crippen LogP contribution in [-0.2, 0) is 0 Å². The van der Waals surface area contributed by atoms with Crippen molar-refractivity contribution in [1.29, 1.82) is 0 Å². The van der Waals surface area contributed by atoms with Crippen molar-refractivity contribution < 1.29 is 0 Å². The first-order valence-corrected chi connectivity index (χ1v) is 19.1. The number of aromatic nitrogens is 4. The standard InChI is InChI=1S/C52H32N4/c1-2-12-33(13-3-1)34-22-24-36(25-23-34)51-53-45-20-10-8-18-41(45)52(54-51)56-47-29-27-39(32-44(47)43-30-37-15-4-5-16-38(37)31-49(43)56)55-46-21-11-9-19-42(46)50-40-17-7-6-14-35(40)26-28-48(50)55/h1-32H. The molecule has 4 nitrogen and oxygen atoms in total. The summed E-state index contributed by atoms with van der Waals surface area (Å²) in [6.45, 7) is 0. The van der Waals surface area contributed by atoms with E-state index in [4.69, 9.17) is 9.97 Å². The topological polar surface area (TPSA) is 35.6 Å². The number of benzene rings is 9. The molecule has 0 amide bonds. The number of nitrogens with zero attached hydrogens (tertiary/aromatic N) is 4. The van der Waals surface area contributed by atoms with E-state index in [-0.39, 0.29) is 0 Å². The van der Waals surface area contributed by atoms with E-state index in [2.05, 4.69) is 197 Å². The Bertz CT molecular complexity index is 3520. The van der Waals surface area contributed by atoms with Gasteiger partial charge in [-0.25, -0.2) is 9.97 Å². The smallest absolute Gasteiger partial charge is 0.162 e. The van der Waals surface area contributed by atoms with E-state index in [0.29, 0.717) is 5.82 Å². The molecule has 0 unspecified atom stereocenters. The molecule has 0 atom stereocenters. The van der Waals surface area contributed by atoms with Crippen molar-refractivity contribution in [3.8, 4) is 34.0 Å². The van der Waals surface area contributed by atoms with E-state index in [1.54, 1.807) is 0 Å². The number of hydrogen-bond donors (Lipinski definition) is 0. The van der Waals surface area contributed by atoms with Crippen molar-refractivity contribution in [2.75, 3.05) is 0 Å². The molecule has 0 aliphatic carbocycles. The van der Waals surface area contributed by atoms with Crippen molar-refractivity contribution in [3.05, 3.63) is 194 Å². The van der Waals surface area contributed by atoms with Crippen LogP contribution in [0.4, 0.5) is 0 Å². The van der Waals surface area contributed by atoms with Gasteiger partial charge in [-0.15, -0.1) is 0 Å². The summed E-state index contributed by atoms with van der Waals surface area (Å²) >= 11 is 0. The molecule has 0 N–H and O–H groups in total. The lowest BCUT2D eigenvalue weighted by atomic mass is 10.0. The predicted molar refractivity (Wildman–Crippen MR) is 234 cm³/mol. The van der Waals surface area contributed by atoms with E-state index in [1.165, 1.54) is 59.7 Å². The Morgan fingerprint density at radius 1 is 0.321 bits per heavy atom. The number of hydrogen-bond acceptors (Lipinski definition) is 2. The zero-order valence-electron chi connectivity index (χ0n) is 30.3. The molecule has 0 aliphatic heterocycles. The fraction of sp³-hybridized carbons (Fsp3) is 0. The lowest BCUT2D eigenvalue weighted by Gasteiger charge is -2.13. The second-order valence-electron chi connectivity index (χ2n) is 14.6. The lowest BCUT2D eigenvalue weighted by molar-refractivity contribution is 1.07. The Kier molecular flexibility index (Phi) is 6.60. The van der Waals surface area contributed by atoms with Gasteiger partial charge in [0.15, 0.2) is 5.82 Å². The SMILES string of the molecule is c1ccc(-c2ccc(-c3nc(-n4c5ccc(-n6c7ccccc7c7c8ccccc8ccc76)cc5c5cc6ccccc6cc54)c4ccccc4n3)cc2)cc1. The van der Waals surface area contributed by atoms with Gasteiger partial charge < -0.3 is 4.57 Å². The zero-order chi connectivity index (χ0) is 36.7. The molecule has 0 spiro atoms. The maximum atomic E-state index is 5.43. The summed E-state index contributed by atoms with van der Waals surface area (Å²) in [5.41, 5.74) is 9.95. The van der Waals surface area contributed by atoms with Crippen molar-refractivity contribution in [1.82, 2.24) is 19.1 Å². The lowest BCUT2D eigenvalue weighted by Crippen LogP contribution is -2.03. The molecule has 0 bridgehead atoms. The van der Waals surface area contributed by atoms with Gasteiger partial charge in [-0.2, -0.15) is 0 Å². The van der Waals surface area contributed by atoms with Crippen LogP contribution in [0.25, 0.3) is 110 Å². The van der Waals surface area contributed by atoms with Gasteiger partial charge in [-0.3, -0.25) is 4.57 Å². The largest absolute Gasteiger partial charge is 0.309 e. The van der Waals surface area contributed by atoms with Gasteiger partial charge in [-0.05, 0) is 87.3 Å². The van der Waals surface area contributed by atoms with Crippen LogP contribution < -0.4 is 0 Å². The summed E-state index contributed by atoms with van der Waals surface area (Å²) in [6, 6.07) is 69.7. The highest BCUT2D eigenvalue weighted by Gasteiger charge is 2.21. The average molecular weight is 713 g/mol. The highest BCUT2D eigenvalue weighted by Crippen LogP contribution is 2.41. The number of rotatable bonds is 4. The summed E-state index contributed by atoms with van der Waals surface area (Å²) < 4.78 is 4.78. The minimum absolute atomic E-state index is 0.697. The quantitative estimate of drug-likeness (QED) is 0.182. The van der Waals surface area contributed by atoms with Gasteiger partial charge in [-0.1, -0.05) is 140 Å². The highest BCUT2D eigenvalue weighted by molar-refractivity contribution is 6.22. The van der Waals surface area contributed by atoms with E-state index in [0.717, 1.165) is 44.6 Å². The predicted octanol–water partition coefficient (Wildman–Crippen LogP) is 13.5. The Balaban J connectivity index is 1.13. The second kappa shape index (κ2) is 12.0. The summed E-state index contributed by atoms with van der Waals surface area (Å²) in [5, 5.41) is 10.8. The van der Waals surface area contributed by atoms with Crippen LogP contribution >= 0.6 is 0 Å². The van der Waals surface area contributed by atoms with Gasteiger partial charge in [0.2, 0.25) is 0 Å². The first kappa shape index (κ1) is 30.9. The molecule has 56 heavy (non-hydrogen) atoms. The maximum absolute atomic E-state index is 5.43. The Morgan fingerprint density at radius 3 is 1.77 bits per heavy atom. The molecule has 3 heterocycles. The van der Waals surface area contributed by atoms with Crippen LogP contribution in [0.2, 0.25) is 0 Å². The number of fused-ring (bicyclic) bond motifs is 10. The first-order valence-electron chi connectivity index (χ1n) is 19.1. The fourth-order valence-electron chi connectivity index (χ4n) is 8.88. The summed E-state index contributed by atoms with van der Waals surface area (Å²) in [4.78, 5) is 10.6. The van der Waals surface area contributed by atoms with Gasteiger partial charge >= 0.3 is 0 Å². The average Bonchev–Trinajstić information content (AvgIpc) is 3.77. The third-order valence-electron chi connectivity index (χ3n) is 11.5. The van der Waals surface area contributed by atoms with Gasteiger partial charge in [0, 0.05) is 38.2 Å². The van der Waals surface area contributed by atoms with Crippen molar-refractivity contribution in [3.63, 3.8) is 0 Å². The second-order valence-corrected chi connectivity index (χ2v) is 14.6. The third-order valence-corrected chi connectivity index (χ3v) is 11.5. The normalized spacial score (nSPS) is 11.9. The molecule has 0 saturated carbocycles. The Labute approximate surface area is 322 Å². The van der Waals surface area contributed by atoms with E-state index in [1.807, 2.05) is 6.07 Å². The molecule has 9 aromatic carbocycles. The zero-order valence-corrected chi connectivity index (χ0v) is 30.3. The van der Waals surface area contributed by atoms with E-state index >= 15 is 0 Å². The fourth-order valence-corrected chi connectivity index (χ4v) is 8.88. The summed E-state index contributed by atoms with van der Waals surface area (Å²) in [5.74, 6) is 1.56. The van der Waals surface area contributed by atoms with Crippen molar-refractivity contribution in [2.45, 2.75) is 0 Å². The summed E-state index contributed by atoms with van der Waals surface area (Å²) in [6.07, 6.45) is 0. The van der Waals surface area contributed by atoms with Crippen LogP contribution in [0.3, 0.4) is 0 Å². The molecule has 0 fully saturated rings. The molecule has 260 valence electrons. The molecular weight excluding hydrogens is 681 g/mol. The van der Waals surface area contributed by atoms with Crippen molar-refractivity contribution in [2.24, 2.45) is 0 Å². The van der Waals surface area contributed by atoms with Crippen LogP contribution in [0.15, 0.2) is 194 Å². The van der Waals surface area contributed by atoms with Crippen LogP contribution in [0.5, 0.6) is 0 Å².